The Labute approximate surface area is 143 Å². The molecule has 25 heavy (non-hydrogen) atoms. The lowest BCUT2D eigenvalue weighted by atomic mass is 10.0. The Kier molecular flexibility index (Phi) is 5.74. The van der Waals surface area contributed by atoms with E-state index in [0.29, 0.717) is 5.52 Å². The zero-order chi connectivity index (χ0) is 18.6. The number of hydrogen-bond donors (Lipinski definition) is 3. The number of benzene rings is 1. The molecule has 1 aromatic carbocycles. The van der Waals surface area contributed by atoms with Crippen LogP contribution in [0.3, 0.4) is 0 Å². The average Bonchev–Trinajstić information content (AvgIpc) is 2.92. The summed E-state index contributed by atoms with van der Waals surface area (Å²) >= 11 is 0. The normalized spacial score (nSPS) is 12.0. The first kappa shape index (κ1) is 18.4. The third kappa shape index (κ3) is 4.79. The largest absolute Gasteiger partial charge is 0.481 e. The van der Waals surface area contributed by atoms with Gasteiger partial charge in [0.25, 0.3) is 0 Å². The predicted molar refractivity (Wildman–Crippen MR) is 89.5 cm³/mol. The summed E-state index contributed by atoms with van der Waals surface area (Å²) in [6.07, 6.45) is 1.70. The second-order valence-corrected chi connectivity index (χ2v) is 5.86. The molecule has 7 nitrogen and oxygen atoms in total. The lowest BCUT2D eigenvalue weighted by Gasteiger charge is -2.23. The molecule has 2 rings (SSSR count). The van der Waals surface area contributed by atoms with E-state index in [4.69, 9.17) is 5.11 Å². The number of nitrogens with one attached hydrogen (secondary N) is 2. The molecule has 8 heteroatoms. The van der Waals surface area contributed by atoms with Crippen LogP contribution in [0.25, 0.3) is 10.9 Å². The number of nitrogens with zero attached hydrogens (tertiary/aromatic N) is 1. The summed E-state index contributed by atoms with van der Waals surface area (Å²) in [4.78, 5) is 38.9. The van der Waals surface area contributed by atoms with Crippen LogP contribution in [0, 0.1) is 5.82 Å². The van der Waals surface area contributed by atoms with Crippen LogP contribution < -0.4 is 5.32 Å². The molecule has 0 spiro atoms. The number of carboxylic acid groups (broad SMARTS) is 1. The molecular weight excluding hydrogens is 329 g/mol. The maximum atomic E-state index is 13.3. The van der Waals surface area contributed by atoms with Crippen LogP contribution >= 0.6 is 0 Å². The summed E-state index contributed by atoms with van der Waals surface area (Å²) in [5, 5.41) is 12.1. The number of rotatable bonds is 7. The third-order valence-corrected chi connectivity index (χ3v) is 3.87. The molecule has 1 heterocycles. The highest BCUT2D eigenvalue weighted by Crippen LogP contribution is 2.21. The van der Waals surface area contributed by atoms with E-state index in [9.17, 15) is 18.8 Å². The molecule has 1 unspecified atom stereocenters. The van der Waals surface area contributed by atoms with Crippen molar-refractivity contribution in [2.45, 2.75) is 25.8 Å². The van der Waals surface area contributed by atoms with Gasteiger partial charge in [-0.1, -0.05) is 0 Å². The first-order chi connectivity index (χ1) is 11.8. The van der Waals surface area contributed by atoms with Gasteiger partial charge in [0.1, 0.15) is 11.9 Å². The predicted octanol–water partition coefficient (Wildman–Crippen LogP) is 1.29. The van der Waals surface area contributed by atoms with Crippen LogP contribution in [0.15, 0.2) is 24.4 Å². The fourth-order valence-corrected chi connectivity index (χ4v) is 2.63. The Bertz CT molecular complexity index is 802. The van der Waals surface area contributed by atoms with Crippen molar-refractivity contribution in [3.8, 4) is 0 Å². The molecule has 0 radical (unpaired) electrons. The molecule has 0 saturated carbocycles. The maximum absolute atomic E-state index is 13.3. The SMILES string of the molecule is CC(=O)NC(Cc1c[nH]c2cc(F)ccc12)C(=O)N(C)CCC(=O)O. The average molecular weight is 349 g/mol. The summed E-state index contributed by atoms with van der Waals surface area (Å²) < 4.78 is 13.3. The van der Waals surface area contributed by atoms with Crippen LogP contribution in [0.2, 0.25) is 0 Å². The molecule has 0 aliphatic carbocycles. The van der Waals surface area contributed by atoms with Crippen LogP contribution in [0.5, 0.6) is 0 Å². The number of carboxylic acids is 1. The third-order valence-electron chi connectivity index (χ3n) is 3.87. The number of aromatic nitrogens is 1. The molecule has 0 aliphatic rings. The molecular formula is C17H20FN3O4. The van der Waals surface area contributed by atoms with E-state index >= 15 is 0 Å². The minimum atomic E-state index is -1.01. The van der Waals surface area contributed by atoms with Crippen LogP contribution in [-0.2, 0) is 20.8 Å². The molecule has 0 saturated heterocycles. The number of hydrogen-bond acceptors (Lipinski definition) is 3. The van der Waals surface area contributed by atoms with Gasteiger partial charge >= 0.3 is 5.97 Å². The maximum Gasteiger partial charge on any atom is 0.305 e. The number of amides is 2. The molecule has 2 amide bonds. The number of fused-ring (bicyclic) bond motifs is 1. The lowest BCUT2D eigenvalue weighted by molar-refractivity contribution is -0.139. The van der Waals surface area contributed by atoms with E-state index in [1.807, 2.05) is 0 Å². The highest BCUT2D eigenvalue weighted by atomic mass is 19.1. The smallest absolute Gasteiger partial charge is 0.305 e. The van der Waals surface area contributed by atoms with Crippen molar-refractivity contribution >= 4 is 28.7 Å². The minimum absolute atomic E-state index is 0.0450. The molecule has 0 fully saturated rings. The van der Waals surface area contributed by atoms with Gasteiger partial charge in [-0.25, -0.2) is 4.39 Å². The first-order valence-electron chi connectivity index (χ1n) is 7.77. The van der Waals surface area contributed by atoms with Crippen molar-refractivity contribution in [2.24, 2.45) is 0 Å². The summed E-state index contributed by atoms with van der Waals surface area (Å²) in [6.45, 7) is 1.35. The van der Waals surface area contributed by atoms with E-state index in [-0.39, 0.29) is 37.0 Å². The number of H-pyrrole nitrogens is 1. The Hall–Kier alpha value is -2.90. The van der Waals surface area contributed by atoms with E-state index < -0.39 is 12.0 Å². The fourth-order valence-electron chi connectivity index (χ4n) is 2.63. The van der Waals surface area contributed by atoms with Crippen molar-refractivity contribution in [1.29, 1.82) is 0 Å². The molecule has 1 atom stereocenters. The van der Waals surface area contributed by atoms with Crippen LogP contribution in [0.1, 0.15) is 18.9 Å². The Morgan fingerprint density at radius 3 is 2.72 bits per heavy atom. The van der Waals surface area contributed by atoms with E-state index in [2.05, 4.69) is 10.3 Å². The molecule has 0 bridgehead atoms. The van der Waals surface area contributed by atoms with Crippen molar-refractivity contribution in [2.75, 3.05) is 13.6 Å². The number of halogens is 1. The Balaban J connectivity index is 2.20. The van der Waals surface area contributed by atoms with Gasteiger partial charge in [-0.3, -0.25) is 14.4 Å². The zero-order valence-electron chi connectivity index (χ0n) is 14.0. The van der Waals surface area contributed by atoms with Gasteiger partial charge in [0.2, 0.25) is 11.8 Å². The van der Waals surface area contributed by atoms with Gasteiger partial charge < -0.3 is 20.3 Å². The second-order valence-electron chi connectivity index (χ2n) is 5.86. The highest BCUT2D eigenvalue weighted by Gasteiger charge is 2.24. The van der Waals surface area contributed by atoms with E-state index in [0.717, 1.165) is 10.9 Å². The van der Waals surface area contributed by atoms with Gasteiger partial charge in [-0.2, -0.15) is 0 Å². The number of carbonyl (C=O) groups excluding carboxylic acids is 2. The van der Waals surface area contributed by atoms with Crippen LogP contribution in [0.4, 0.5) is 4.39 Å². The molecule has 1 aromatic heterocycles. The van der Waals surface area contributed by atoms with E-state index in [1.165, 1.54) is 31.0 Å². The number of carbonyl (C=O) groups is 3. The van der Waals surface area contributed by atoms with Gasteiger partial charge in [0.05, 0.1) is 6.42 Å². The molecule has 134 valence electrons. The van der Waals surface area contributed by atoms with Crippen molar-refractivity contribution in [3.05, 3.63) is 35.8 Å². The van der Waals surface area contributed by atoms with Crippen LogP contribution in [-0.4, -0.2) is 52.4 Å². The van der Waals surface area contributed by atoms with E-state index in [1.54, 1.807) is 12.3 Å². The number of likely N-dealkylation sites (N-methyl/N-ethyl adjacent to an activating group) is 1. The molecule has 3 N–H and O–H groups in total. The van der Waals surface area contributed by atoms with Gasteiger partial charge in [-0.05, 0) is 23.8 Å². The second kappa shape index (κ2) is 7.78. The minimum Gasteiger partial charge on any atom is -0.481 e. The van der Waals surface area contributed by atoms with Gasteiger partial charge in [0.15, 0.2) is 0 Å². The summed E-state index contributed by atoms with van der Waals surface area (Å²) in [7, 11) is 1.49. The summed E-state index contributed by atoms with van der Waals surface area (Å²) in [6, 6.07) is 3.46. The standard InChI is InChI=1S/C17H20FN3O4/c1-10(22)20-15(17(25)21(2)6-5-16(23)24)7-11-9-19-14-8-12(18)3-4-13(11)14/h3-4,8-9,15,19H,5-7H2,1-2H3,(H,20,22)(H,23,24). The van der Waals surface area contributed by atoms with Gasteiger partial charge in [0, 0.05) is 44.0 Å². The number of aromatic amines is 1. The summed E-state index contributed by atoms with van der Waals surface area (Å²) in [5.74, 6) is -2.12. The van der Waals surface area contributed by atoms with Crippen molar-refractivity contribution in [1.82, 2.24) is 15.2 Å². The fraction of sp³-hybridized carbons (Fsp3) is 0.353. The molecule has 0 aliphatic heterocycles. The molecule has 2 aromatic rings. The Morgan fingerprint density at radius 1 is 1.36 bits per heavy atom. The zero-order valence-corrected chi connectivity index (χ0v) is 14.0. The topological polar surface area (TPSA) is 103 Å². The monoisotopic (exact) mass is 349 g/mol. The Morgan fingerprint density at radius 2 is 2.08 bits per heavy atom. The highest BCUT2D eigenvalue weighted by molar-refractivity contribution is 5.89. The number of aliphatic carboxylic acids is 1. The van der Waals surface area contributed by atoms with Gasteiger partial charge in [-0.15, -0.1) is 0 Å². The van der Waals surface area contributed by atoms with Crippen molar-refractivity contribution < 1.29 is 23.9 Å². The van der Waals surface area contributed by atoms with Crippen molar-refractivity contribution in [3.63, 3.8) is 0 Å². The summed E-state index contributed by atoms with van der Waals surface area (Å²) in [5.41, 5.74) is 1.36. The first-order valence-corrected chi connectivity index (χ1v) is 7.77. The lowest BCUT2D eigenvalue weighted by Crippen LogP contribution is -2.48. The quantitative estimate of drug-likeness (QED) is 0.701.